The molecule has 0 radical (unpaired) electrons. The second-order valence-electron chi connectivity index (χ2n) is 3.21. The van der Waals surface area contributed by atoms with Crippen molar-refractivity contribution in [3.63, 3.8) is 0 Å². The number of benzene rings is 1. The van der Waals surface area contributed by atoms with Gasteiger partial charge < -0.3 is 10.4 Å². The number of aromatic carboxylic acids is 1. The zero-order valence-corrected chi connectivity index (χ0v) is 9.84. The maximum atomic E-state index is 10.8. The van der Waals surface area contributed by atoms with E-state index in [0.29, 0.717) is 5.56 Å². The summed E-state index contributed by atoms with van der Waals surface area (Å²) in [6, 6.07) is 4.49. The molecule has 0 saturated heterocycles. The number of carbonyl (C=O) groups is 2. The van der Waals surface area contributed by atoms with Gasteiger partial charge in [0.05, 0.1) is 17.1 Å². The standard InChI is InChI=1S/C12H10ClNO3/c1-8(15)14-6-2-3-9-4-5-11(13)10(7-9)12(16)17/h4-5,7H,6H2,1H3,(H,14,15)(H,16,17). The van der Waals surface area contributed by atoms with E-state index >= 15 is 0 Å². The molecule has 0 fully saturated rings. The van der Waals surface area contributed by atoms with Crippen LogP contribution in [0.2, 0.25) is 5.02 Å². The molecule has 17 heavy (non-hydrogen) atoms. The first-order chi connectivity index (χ1) is 8.00. The molecule has 0 saturated carbocycles. The van der Waals surface area contributed by atoms with Crippen LogP contribution in [-0.2, 0) is 4.79 Å². The van der Waals surface area contributed by atoms with Crippen LogP contribution in [0.4, 0.5) is 0 Å². The average molecular weight is 252 g/mol. The lowest BCUT2D eigenvalue weighted by atomic mass is 10.1. The van der Waals surface area contributed by atoms with Crippen LogP contribution in [-0.4, -0.2) is 23.5 Å². The molecule has 88 valence electrons. The van der Waals surface area contributed by atoms with Gasteiger partial charge in [-0.15, -0.1) is 0 Å². The molecule has 0 aliphatic rings. The number of halogens is 1. The minimum absolute atomic E-state index is 0.0120. The largest absolute Gasteiger partial charge is 0.478 e. The molecular formula is C12H10ClNO3. The van der Waals surface area contributed by atoms with E-state index < -0.39 is 5.97 Å². The number of amides is 1. The lowest BCUT2D eigenvalue weighted by Gasteiger charge is -1.98. The predicted molar refractivity (Wildman–Crippen MR) is 64.0 cm³/mol. The number of hydrogen-bond acceptors (Lipinski definition) is 2. The van der Waals surface area contributed by atoms with Crippen molar-refractivity contribution in [1.82, 2.24) is 5.32 Å². The summed E-state index contributed by atoms with van der Waals surface area (Å²) < 4.78 is 0. The Kier molecular flexibility index (Phi) is 4.56. The number of carboxylic acid groups (broad SMARTS) is 1. The fraction of sp³-hybridized carbons (Fsp3) is 0.167. The Labute approximate surface area is 104 Å². The van der Waals surface area contributed by atoms with Crippen LogP contribution in [0.1, 0.15) is 22.8 Å². The van der Waals surface area contributed by atoms with E-state index in [-0.39, 0.29) is 23.0 Å². The third-order valence-electron chi connectivity index (χ3n) is 1.86. The van der Waals surface area contributed by atoms with Crippen molar-refractivity contribution in [2.45, 2.75) is 6.92 Å². The van der Waals surface area contributed by atoms with E-state index in [1.807, 2.05) is 0 Å². The Morgan fingerprint density at radius 1 is 1.47 bits per heavy atom. The minimum Gasteiger partial charge on any atom is -0.478 e. The van der Waals surface area contributed by atoms with Gasteiger partial charge in [0.15, 0.2) is 0 Å². The van der Waals surface area contributed by atoms with Crippen LogP contribution in [0, 0.1) is 11.8 Å². The molecule has 1 aromatic carbocycles. The first-order valence-electron chi connectivity index (χ1n) is 4.77. The molecule has 0 heterocycles. The Morgan fingerprint density at radius 2 is 2.18 bits per heavy atom. The van der Waals surface area contributed by atoms with Crippen LogP contribution >= 0.6 is 11.6 Å². The number of carbonyl (C=O) groups excluding carboxylic acids is 1. The molecule has 0 spiro atoms. The Morgan fingerprint density at radius 3 is 2.76 bits per heavy atom. The molecule has 1 aromatic rings. The monoisotopic (exact) mass is 251 g/mol. The van der Waals surface area contributed by atoms with E-state index in [1.165, 1.54) is 19.1 Å². The highest BCUT2D eigenvalue weighted by Gasteiger charge is 2.08. The molecule has 0 aliphatic carbocycles. The summed E-state index contributed by atoms with van der Waals surface area (Å²) in [6.45, 7) is 1.62. The van der Waals surface area contributed by atoms with E-state index in [1.54, 1.807) is 6.07 Å². The molecule has 2 N–H and O–H groups in total. The molecule has 0 aliphatic heterocycles. The van der Waals surface area contributed by atoms with Crippen molar-refractivity contribution < 1.29 is 14.7 Å². The lowest BCUT2D eigenvalue weighted by Crippen LogP contribution is -2.19. The Balaban J connectivity index is 2.82. The molecule has 0 bridgehead atoms. The van der Waals surface area contributed by atoms with Gasteiger partial charge in [-0.2, -0.15) is 0 Å². The summed E-state index contributed by atoms with van der Waals surface area (Å²) in [5, 5.41) is 11.5. The summed E-state index contributed by atoms with van der Waals surface area (Å²) in [6.07, 6.45) is 0. The zero-order valence-electron chi connectivity index (χ0n) is 9.08. The third-order valence-corrected chi connectivity index (χ3v) is 2.18. The first kappa shape index (κ1) is 13.1. The second kappa shape index (κ2) is 5.92. The number of carboxylic acids is 1. The highest BCUT2D eigenvalue weighted by Crippen LogP contribution is 2.16. The second-order valence-corrected chi connectivity index (χ2v) is 3.62. The molecule has 0 unspecified atom stereocenters. The Hall–Kier alpha value is -1.99. The van der Waals surface area contributed by atoms with E-state index in [9.17, 15) is 9.59 Å². The highest BCUT2D eigenvalue weighted by molar-refractivity contribution is 6.33. The number of nitrogens with one attached hydrogen (secondary N) is 1. The summed E-state index contributed by atoms with van der Waals surface area (Å²) in [5.41, 5.74) is 0.551. The van der Waals surface area contributed by atoms with Gasteiger partial charge in [0.1, 0.15) is 0 Å². The van der Waals surface area contributed by atoms with Gasteiger partial charge in [-0.3, -0.25) is 4.79 Å². The normalized spacial score (nSPS) is 9.06. The van der Waals surface area contributed by atoms with Crippen LogP contribution in [0.3, 0.4) is 0 Å². The van der Waals surface area contributed by atoms with Crippen molar-refractivity contribution in [1.29, 1.82) is 0 Å². The minimum atomic E-state index is -1.10. The maximum Gasteiger partial charge on any atom is 0.337 e. The van der Waals surface area contributed by atoms with Crippen LogP contribution in [0.25, 0.3) is 0 Å². The molecule has 0 atom stereocenters. The van der Waals surface area contributed by atoms with Crippen LogP contribution < -0.4 is 5.32 Å². The number of rotatable bonds is 2. The quantitative estimate of drug-likeness (QED) is 0.784. The lowest BCUT2D eigenvalue weighted by molar-refractivity contribution is -0.118. The molecular weight excluding hydrogens is 242 g/mol. The van der Waals surface area contributed by atoms with Gasteiger partial charge in [0.25, 0.3) is 0 Å². The topological polar surface area (TPSA) is 66.4 Å². The van der Waals surface area contributed by atoms with Crippen molar-refractivity contribution in [2.24, 2.45) is 0 Å². The van der Waals surface area contributed by atoms with Gasteiger partial charge in [-0.25, -0.2) is 4.79 Å². The van der Waals surface area contributed by atoms with E-state index in [0.717, 1.165) is 0 Å². The summed E-state index contributed by atoms with van der Waals surface area (Å²) in [4.78, 5) is 21.4. The van der Waals surface area contributed by atoms with Gasteiger partial charge in [-0.1, -0.05) is 23.4 Å². The fourth-order valence-corrected chi connectivity index (χ4v) is 1.28. The van der Waals surface area contributed by atoms with Crippen LogP contribution in [0.5, 0.6) is 0 Å². The molecule has 1 rings (SSSR count). The predicted octanol–water partition coefficient (Wildman–Crippen LogP) is 1.53. The van der Waals surface area contributed by atoms with E-state index in [4.69, 9.17) is 16.7 Å². The van der Waals surface area contributed by atoms with Gasteiger partial charge in [-0.05, 0) is 18.2 Å². The van der Waals surface area contributed by atoms with Crippen molar-refractivity contribution in [3.8, 4) is 11.8 Å². The summed E-state index contributed by atoms with van der Waals surface area (Å²) in [5.74, 6) is 4.17. The van der Waals surface area contributed by atoms with E-state index in [2.05, 4.69) is 17.2 Å². The van der Waals surface area contributed by atoms with Crippen molar-refractivity contribution >= 4 is 23.5 Å². The summed E-state index contributed by atoms with van der Waals surface area (Å²) in [7, 11) is 0. The molecule has 0 aromatic heterocycles. The number of hydrogen-bond donors (Lipinski definition) is 2. The van der Waals surface area contributed by atoms with Crippen molar-refractivity contribution in [2.75, 3.05) is 6.54 Å². The van der Waals surface area contributed by atoms with Gasteiger partial charge in [0, 0.05) is 12.5 Å². The molecule has 5 heteroatoms. The Bertz CT molecular complexity index is 514. The molecule has 1 amide bonds. The SMILES string of the molecule is CC(=O)NCC#Cc1ccc(Cl)c(C(=O)O)c1. The highest BCUT2D eigenvalue weighted by atomic mass is 35.5. The first-order valence-corrected chi connectivity index (χ1v) is 5.14. The average Bonchev–Trinajstić information content (AvgIpc) is 2.25. The van der Waals surface area contributed by atoms with Crippen LogP contribution in [0.15, 0.2) is 18.2 Å². The van der Waals surface area contributed by atoms with Crippen molar-refractivity contribution in [3.05, 3.63) is 34.3 Å². The van der Waals surface area contributed by atoms with Gasteiger partial charge >= 0.3 is 5.97 Å². The van der Waals surface area contributed by atoms with Gasteiger partial charge in [0.2, 0.25) is 5.91 Å². The maximum absolute atomic E-state index is 10.8. The molecule has 4 nitrogen and oxygen atoms in total. The summed E-state index contributed by atoms with van der Waals surface area (Å²) >= 11 is 5.71. The smallest absolute Gasteiger partial charge is 0.337 e. The fourth-order valence-electron chi connectivity index (χ4n) is 1.08. The zero-order chi connectivity index (χ0) is 12.8. The third kappa shape index (κ3) is 4.17.